The number of aliphatic hydroxyl groups is 1. The van der Waals surface area contributed by atoms with E-state index in [1.807, 2.05) is 0 Å². The molecule has 2 aliphatic carbocycles. The summed E-state index contributed by atoms with van der Waals surface area (Å²) in [7, 11) is 0. The summed E-state index contributed by atoms with van der Waals surface area (Å²) in [6.07, 6.45) is 7.19. The van der Waals surface area contributed by atoms with E-state index in [0.29, 0.717) is 18.8 Å². The molecule has 1 aliphatic heterocycles. The van der Waals surface area contributed by atoms with Crippen molar-refractivity contribution in [3.8, 4) is 0 Å². The molecule has 3 aliphatic rings. The van der Waals surface area contributed by atoms with E-state index in [1.54, 1.807) is 0 Å². The van der Waals surface area contributed by atoms with Gasteiger partial charge in [-0.1, -0.05) is 19.8 Å². The van der Waals surface area contributed by atoms with Crippen molar-refractivity contribution in [1.29, 1.82) is 0 Å². The number of hydrogen-bond donors (Lipinski definition) is 1. The Hall–Kier alpha value is -0.900. The predicted molar refractivity (Wildman–Crippen MR) is 74.7 cm³/mol. The molecular formula is C16H25NO3. The Kier molecular flexibility index (Phi) is 3.61. The molecule has 3 fully saturated rings. The van der Waals surface area contributed by atoms with Crippen molar-refractivity contribution in [3.63, 3.8) is 0 Å². The predicted octanol–water partition coefficient (Wildman–Crippen LogP) is 2.10. The average molecular weight is 279 g/mol. The molecule has 112 valence electrons. The highest BCUT2D eigenvalue weighted by molar-refractivity contribution is 6.05. The van der Waals surface area contributed by atoms with E-state index in [2.05, 4.69) is 6.92 Å². The zero-order valence-corrected chi connectivity index (χ0v) is 12.3. The van der Waals surface area contributed by atoms with E-state index in [-0.39, 0.29) is 30.2 Å². The normalized spacial score (nSPS) is 41.9. The van der Waals surface area contributed by atoms with Crippen LogP contribution in [0.3, 0.4) is 0 Å². The number of carbonyl (C=O) groups excluding carboxylic acids is 2. The van der Waals surface area contributed by atoms with Crippen LogP contribution in [0.15, 0.2) is 0 Å². The fourth-order valence-corrected chi connectivity index (χ4v) is 4.14. The number of amides is 2. The summed E-state index contributed by atoms with van der Waals surface area (Å²) < 4.78 is 0. The maximum Gasteiger partial charge on any atom is 0.233 e. The second-order valence-electron chi connectivity index (χ2n) is 7.17. The molecule has 0 bridgehead atoms. The second kappa shape index (κ2) is 5.14. The number of rotatable bonds is 2. The van der Waals surface area contributed by atoms with Crippen LogP contribution in [0.1, 0.15) is 58.3 Å². The molecule has 20 heavy (non-hydrogen) atoms. The van der Waals surface area contributed by atoms with Gasteiger partial charge >= 0.3 is 0 Å². The monoisotopic (exact) mass is 279 g/mol. The molecule has 0 aromatic heterocycles. The fourth-order valence-electron chi connectivity index (χ4n) is 4.14. The van der Waals surface area contributed by atoms with Gasteiger partial charge < -0.3 is 5.11 Å². The minimum absolute atomic E-state index is 0.0215. The van der Waals surface area contributed by atoms with Gasteiger partial charge in [-0.05, 0) is 44.4 Å². The van der Waals surface area contributed by atoms with Gasteiger partial charge in [0.05, 0.1) is 24.0 Å². The minimum atomic E-state index is -0.842. The average Bonchev–Trinajstić information content (AvgIpc) is 2.68. The van der Waals surface area contributed by atoms with E-state index in [4.69, 9.17) is 0 Å². The second-order valence-corrected chi connectivity index (χ2v) is 7.17. The smallest absolute Gasteiger partial charge is 0.233 e. The lowest BCUT2D eigenvalue weighted by Crippen LogP contribution is -2.47. The van der Waals surface area contributed by atoms with Gasteiger partial charge in [-0.2, -0.15) is 0 Å². The highest BCUT2D eigenvalue weighted by Gasteiger charge is 2.50. The Bertz CT molecular complexity index is 388. The Balaban J connectivity index is 1.71. The Morgan fingerprint density at radius 2 is 1.55 bits per heavy atom. The van der Waals surface area contributed by atoms with Gasteiger partial charge in [0, 0.05) is 0 Å². The van der Waals surface area contributed by atoms with Crippen molar-refractivity contribution in [2.45, 2.75) is 63.9 Å². The van der Waals surface area contributed by atoms with Gasteiger partial charge in [-0.3, -0.25) is 14.5 Å². The number of nitrogens with zero attached hydrogens (tertiary/aromatic N) is 1. The third-order valence-electron chi connectivity index (χ3n) is 5.59. The van der Waals surface area contributed by atoms with Crippen LogP contribution >= 0.6 is 0 Å². The molecule has 2 amide bonds. The summed E-state index contributed by atoms with van der Waals surface area (Å²) in [5.41, 5.74) is -0.842. The first-order valence-corrected chi connectivity index (χ1v) is 8.08. The van der Waals surface area contributed by atoms with Crippen LogP contribution < -0.4 is 0 Å². The van der Waals surface area contributed by atoms with Crippen LogP contribution in [-0.4, -0.2) is 34.0 Å². The zero-order chi connectivity index (χ0) is 14.3. The van der Waals surface area contributed by atoms with Crippen molar-refractivity contribution in [1.82, 2.24) is 4.90 Å². The molecule has 0 aromatic rings. The molecule has 4 nitrogen and oxygen atoms in total. The van der Waals surface area contributed by atoms with Crippen molar-refractivity contribution in [2.24, 2.45) is 17.8 Å². The van der Waals surface area contributed by atoms with Crippen LogP contribution in [0, 0.1) is 17.8 Å². The van der Waals surface area contributed by atoms with E-state index < -0.39 is 5.60 Å². The highest BCUT2D eigenvalue weighted by Crippen LogP contribution is 2.40. The summed E-state index contributed by atoms with van der Waals surface area (Å²) in [5.74, 6) is 0.408. The molecule has 2 atom stereocenters. The number of hydrogen-bond acceptors (Lipinski definition) is 3. The maximum absolute atomic E-state index is 12.4. The van der Waals surface area contributed by atoms with E-state index in [1.165, 1.54) is 4.90 Å². The molecule has 3 rings (SSSR count). The van der Waals surface area contributed by atoms with Gasteiger partial charge in [0.2, 0.25) is 11.8 Å². The number of carbonyl (C=O) groups is 2. The zero-order valence-electron chi connectivity index (χ0n) is 12.3. The van der Waals surface area contributed by atoms with Gasteiger partial charge in [-0.15, -0.1) is 0 Å². The van der Waals surface area contributed by atoms with Crippen LogP contribution in [0.4, 0.5) is 0 Å². The van der Waals surface area contributed by atoms with Gasteiger partial charge in [-0.25, -0.2) is 0 Å². The Morgan fingerprint density at radius 1 is 1.05 bits per heavy atom. The first kappa shape index (κ1) is 14.1. The third-order valence-corrected chi connectivity index (χ3v) is 5.59. The summed E-state index contributed by atoms with van der Waals surface area (Å²) >= 11 is 0. The van der Waals surface area contributed by atoms with Crippen LogP contribution in [0.2, 0.25) is 0 Å². The van der Waals surface area contributed by atoms with Crippen molar-refractivity contribution in [2.75, 3.05) is 6.54 Å². The molecular weight excluding hydrogens is 254 g/mol. The quantitative estimate of drug-likeness (QED) is 0.788. The number of likely N-dealkylation sites (tertiary alicyclic amines) is 1. The van der Waals surface area contributed by atoms with E-state index in [0.717, 1.165) is 38.5 Å². The summed E-state index contributed by atoms with van der Waals surface area (Å²) in [5, 5.41) is 10.7. The lowest BCUT2D eigenvalue weighted by Gasteiger charge is -2.37. The lowest BCUT2D eigenvalue weighted by molar-refractivity contribution is -0.145. The third kappa shape index (κ3) is 2.39. The molecule has 0 aromatic carbocycles. The first-order chi connectivity index (χ1) is 9.50. The molecule has 4 heteroatoms. The van der Waals surface area contributed by atoms with Crippen LogP contribution in [0.25, 0.3) is 0 Å². The van der Waals surface area contributed by atoms with Crippen molar-refractivity contribution < 1.29 is 14.7 Å². The first-order valence-electron chi connectivity index (χ1n) is 8.08. The Morgan fingerprint density at radius 3 is 2.05 bits per heavy atom. The van der Waals surface area contributed by atoms with Gasteiger partial charge in [0.15, 0.2) is 0 Å². The van der Waals surface area contributed by atoms with E-state index in [9.17, 15) is 14.7 Å². The molecule has 0 spiro atoms. The molecule has 2 unspecified atom stereocenters. The summed E-state index contributed by atoms with van der Waals surface area (Å²) in [6.45, 7) is 2.42. The fraction of sp³-hybridized carbons (Fsp3) is 0.875. The standard InChI is InChI=1S/C16H25NO3/c1-11-6-8-16(20,9-7-11)10-17-14(18)12-4-2-3-5-13(12)15(17)19/h11-13,20H,2-10H2,1H3. The SMILES string of the molecule is CC1CCC(O)(CN2C(=O)C3CCCCC3C2=O)CC1. The topological polar surface area (TPSA) is 57.6 Å². The summed E-state index contributed by atoms with van der Waals surface area (Å²) in [4.78, 5) is 26.2. The number of fused-ring (bicyclic) bond motifs is 1. The Labute approximate surface area is 120 Å². The highest BCUT2D eigenvalue weighted by atomic mass is 16.3. The van der Waals surface area contributed by atoms with Crippen molar-refractivity contribution in [3.05, 3.63) is 0 Å². The molecule has 1 N–H and O–H groups in total. The lowest BCUT2D eigenvalue weighted by atomic mass is 9.79. The number of imide groups is 1. The maximum atomic E-state index is 12.4. The van der Waals surface area contributed by atoms with Gasteiger partial charge in [0.1, 0.15) is 0 Å². The van der Waals surface area contributed by atoms with Crippen molar-refractivity contribution >= 4 is 11.8 Å². The molecule has 2 saturated carbocycles. The number of β-amino-alcohol motifs (C(OH)–C–C–N with tert-alkyl or cyclic N) is 1. The van der Waals surface area contributed by atoms with Crippen LogP contribution in [-0.2, 0) is 9.59 Å². The van der Waals surface area contributed by atoms with Crippen LogP contribution in [0.5, 0.6) is 0 Å². The minimum Gasteiger partial charge on any atom is -0.388 e. The summed E-state index contributed by atoms with van der Waals surface area (Å²) in [6, 6.07) is 0. The molecule has 1 heterocycles. The molecule has 1 saturated heterocycles. The van der Waals surface area contributed by atoms with E-state index >= 15 is 0 Å². The largest absolute Gasteiger partial charge is 0.388 e. The molecule has 0 radical (unpaired) electrons. The van der Waals surface area contributed by atoms with Gasteiger partial charge in [0.25, 0.3) is 0 Å².